The maximum atomic E-state index is 11.4. The molecule has 2 aromatic rings. The molecule has 1 aromatic heterocycles. The Morgan fingerprint density at radius 2 is 2.19 bits per heavy atom. The van der Waals surface area contributed by atoms with Gasteiger partial charge in [-0.3, -0.25) is 20.3 Å². The molecule has 110 valence electrons. The molecule has 8 nitrogen and oxygen atoms in total. The van der Waals surface area contributed by atoms with E-state index in [0.29, 0.717) is 11.3 Å². The first-order chi connectivity index (χ1) is 10.0. The average molecular weight is 291 g/mol. The van der Waals surface area contributed by atoms with Crippen LogP contribution in [-0.4, -0.2) is 10.8 Å². The van der Waals surface area contributed by atoms with Crippen LogP contribution in [0.4, 0.5) is 5.69 Å². The number of furan rings is 1. The first-order valence-corrected chi connectivity index (χ1v) is 5.99. The van der Waals surface area contributed by atoms with E-state index in [4.69, 9.17) is 15.0 Å². The van der Waals surface area contributed by atoms with Crippen molar-refractivity contribution in [2.75, 3.05) is 0 Å². The monoisotopic (exact) mass is 291 g/mol. The molecular weight excluding hydrogens is 278 g/mol. The van der Waals surface area contributed by atoms with E-state index in [0.717, 1.165) is 0 Å². The summed E-state index contributed by atoms with van der Waals surface area (Å²) in [7, 11) is 0. The number of aryl methyl sites for hydroxylation is 1. The number of nitro benzene ring substituents is 1. The van der Waals surface area contributed by atoms with Crippen LogP contribution >= 0.6 is 0 Å². The third-order valence-corrected chi connectivity index (χ3v) is 2.74. The molecule has 0 bridgehead atoms. The fourth-order valence-electron chi connectivity index (χ4n) is 1.79. The lowest BCUT2D eigenvalue weighted by atomic mass is 10.2. The molecule has 0 aliphatic heterocycles. The Morgan fingerprint density at radius 1 is 1.48 bits per heavy atom. The maximum absolute atomic E-state index is 11.4. The normalized spacial score (nSPS) is 10.2. The first-order valence-electron chi connectivity index (χ1n) is 5.99. The van der Waals surface area contributed by atoms with Crippen molar-refractivity contribution in [3.8, 4) is 5.75 Å². The number of ether oxygens (including phenoxy) is 1. The van der Waals surface area contributed by atoms with Crippen molar-refractivity contribution in [2.45, 2.75) is 13.5 Å². The van der Waals surface area contributed by atoms with Crippen molar-refractivity contribution in [3.63, 3.8) is 0 Å². The molecule has 0 saturated carbocycles. The molecule has 0 radical (unpaired) electrons. The maximum Gasteiger partial charge on any atom is 0.310 e. The molecule has 8 heteroatoms. The smallest absolute Gasteiger partial charge is 0.310 e. The minimum Gasteiger partial charge on any atom is -0.479 e. The third-order valence-electron chi connectivity index (χ3n) is 2.74. The zero-order chi connectivity index (χ0) is 15.4. The van der Waals surface area contributed by atoms with Crippen LogP contribution in [0.15, 0.2) is 34.7 Å². The number of rotatable bonds is 5. The van der Waals surface area contributed by atoms with Crippen molar-refractivity contribution in [1.29, 1.82) is 0 Å². The lowest BCUT2D eigenvalue weighted by Gasteiger charge is -2.04. The number of carbonyl (C=O) groups excluding carboxylic acids is 1. The number of carbonyl (C=O) groups is 1. The van der Waals surface area contributed by atoms with E-state index in [9.17, 15) is 14.9 Å². The number of nitrogens with one attached hydrogen (secondary N) is 1. The highest BCUT2D eigenvalue weighted by molar-refractivity contribution is 5.92. The van der Waals surface area contributed by atoms with Gasteiger partial charge in [0.25, 0.3) is 0 Å². The lowest BCUT2D eigenvalue weighted by molar-refractivity contribution is -0.386. The molecule has 2 rings (SSSR count). The van der Waals surface area contributed by atoms with Crippen molar-refractivity contribution in [3.05, 3.63) is 57.5 Å². The molecule has 1 amide bonds. The van der Waals surface area contributed by atoms with Crippen LogP contribution < -0.4 is 16.0 Å². The highest BCUT2D eigenvalue weighted by Gasteiger charge is 2.17. The summed E-state index contributed by atoms with van der Waals surface area (Å²) in [5.41, 5.74) is 2.43. The minimum absolute atomic E-state index is 0.0382. The van der Waals surface area contributed by atoms with E-state index in [1.165, 1.54) is 12.1 Å². The summed E-state index contributed by atoms with van der Waals surface area (Å²) in [6, 6.07) is 7.62. The molecule has 3 N–H and O–H groups in total. The Labute approximate surface area is 119 Å². The van der Waals surface area contributed by atoms with Crippen molar-refractivity contribution in [2.24, 2.45) is 5.84 Å². The Hall–Kier alpha value is -2.87. The van der Waals surface area contributed by atoms with Gasteiger partial charge < -0.3 is 9.15 Å². The molecule has 0 saturated heterocycles. The van der Waals surface area contributed by atoms with Gasteiger partial charge in [0.2, 0.25) is 0 Å². The van der Waals surface area contributed by atoms with E-state index in [2.05, 4.69) is 0 Å². The average Bonchev–Trinajstić information content (AvgIpc) is 2.85. The van der Waals surface area contributed by atoms with E-state index >= 15 is 0 Å². The van der Waals surface area contributed by atoms with Gasteiger partial charge in [-0.15, -0.1) is 0 Å². The number of benzene rings is 1. The quantitative estimate of drug-likeness (QED) is 0.374. The molecule has 1 aromatic carbocycles. The van der Waals surface area contributed by atoms with Gasteiger partial charge in [-0.05, 0) is 19.1 Å². The zero-order valence-corrected chi connectivity index (χ0v) is 11.2. The summed E-state index contributed by atoms with van der Waals surface area (Å²) in [6.07, 6.45) is 0. The van der Waals surface area contributed by atoms with Crippen LogP contribution in [0.5, 0.6) is 5.75 Å². The van der Waals surface area contributed by atoms with Gasteiger partial charge in [0.1, 0.15) is 12.4 Å². The summed E-state index contributed by atoms with van der Waals surface area (Å²) < 4.78 is 10.7. The second-order valence-corrected chi connectivity index (χ2v) is 4.21. The second kappa shape index (κ2) is 6.06. The molecule has 0 spiro atoms. The van der Waals surface area contributed by atoms with E-state index in [1.807, 2.05) is 5.43 Å². The molecule has 0 aliphatic carbocycles. The minimum atomic E-state index is -0.551. The van der Waals surface area contributed by atoms with Crippen molar-refractivity contribution >= 4 is 11.6 Å². The predicted molar refractivity (Wildman–Crippen MR) is 72.5 cm³/mol. The fourth-order valence-corrected chi connectivity index (χ4v) is 1.79. The molecular formula is C13H13N3O5. The van der Waals surface area contributed by atoms with Gasteiger partial charge in [0.05, 0.1) is 4.92 Å². The standard InChI is InChI=1S/C13H13N3O5/c1-8-6-9(21-12(8)13(17)15-14)7-20-11-5-3-2-4-10(11)16(18)19/h2-6H,7,14H2,1H3,(H,15,17). The largest absolute Gasteiger partial charge is 0.479 e. The molecule has 0 unspecified atom stereocenters. The third kappa shape index (κ3) is 3.18. The summed E-state index contributed by atoms with van der Waals surface area (Å²) in [5.74, 6) is 5.06. The molecule has 21 heavy (non-hydrogen) atoms. The van der Waals surface area contributed by atoms with Crippen molar-refractivity contribution in [1.82, 2.24) is 5.43 Å². The first kappa shape index (κ1) is 14.5. The van der Waals surface area contributed by atoms with E-state index in [1.54, 1.807) is 25.1 Å². The number of nitrogen functional groups attached to an aromatic ring is 1. The van der Waals surface area contributed by atoms with Gasteiger partial charge in [0, 0.05) is 11.6 Å². The number of nitro groups is 1. The van der Waals surface area contributed by atoms with Crippen LogP contribution in [-0.2, 0) is 6.61 Å². The van der Waals surface area contributed by atoms with E-state index in [-0.39, 0.29) is 23.8 Å². The fraction of sp³-hybridized carbons (Fsp3) is 0.154. The van der Waals surface area contributed by atoms with Crippen LogP contribution in [0, 0.1) is 17.0 Å². The highest BCUT2D eigenvalue weighted by Crippen LogP contribution is 2.27. The Bertz CT molecular complexity index is 680. The van der Waals surface area contributed by atoms with Crippen LogP contribution in [0.1, 0.15) is 21.9 Å². The Morgan fingerprint density at radius 3 is 2.86 bits per heavy atom. The van der Waals surface area contributed by atoms with Crippen LogP contribution in [0.3, 0.4) is 0 Å². The number of hydrogen-bond donors (Lipinski definition) is 2. The molecule has 0 fully saturated rings. The Kier molecular flexibility index (Phi) is 4.19. The topological polar surface area (TPSA) is 121 Å². The lowest BCUT2D eigenvalue weighted by Crippen LogP contribution is -2.30. The Balaban J connectivity index is 2.14. The van der Waals surface area contributed by atoms with Crippen LogP contribution in [0.25, 0.3) is 0 Å². The van der Waals surface area contributed by atoms with Gasteiger partial charge in [-0.25, -0.2) is 5.84 Å². The number of para-hydroxylation sites is 2. The van der Waals surface area contributed by atoms with Gasteiger partial charge in [0.15, 0.2) is 11.5 Å². The number of hydrogen-bond acceptors (Lipinski definition) is 6. The highest BCUT2D eigenvalue weighted by atomic mass is 16.6. The van der Waals surface area contributed by atoms with Gasteiger partial charge in [-0.1, -0.05) is 12.1 Å². The SMILES string of the molecule is Cc1cc(COc2ccccc2[N+](=O)[O-])oc1C(=O)NN. The second-order valence-electron chi connectivity index (χ2n) is 4.21. The summed E-state index contributed by atoms with van der Waals surface area (Å²) in [4.78, 5) is 21.7. The van der Waals surface area contributed by atoms with E-state index < -0.39 is 10.8 Å². The molecule has 0 atom stereocenters. The number of nitrogens with two attached hydrogens (primary N) is 1. The van der Waals surface area contributed by atoms with Gasteiger partial charge >= 0.3 is 11.6 Å². The number of nitrogens with zero attached hydrogens (tertiary/aromatic N) is 1. The summed E-state index contributed by atoms with van der Waals surface area (Å²) >= 11 is 0. The molecule has 1 heterocycles. The number of hydrazine groups is 1. The van der Waals surface area contributed by atoms with Crippen molar-refractivity contribution < 1.29 is 18.9 Å². The van der Waals surface area contributed by atoms with Crippen LogP contribution in [0.2, 0.25) is 0 Å². The predicted octanol–water partition coefficient (Wildman–Crippen LogP) is 1.68. The summed E-state index contributed by atoms with van der Waals surface area (Å²) in [5, 5.41) is 10.9. The summed E-state index contributed by atoms with van der Waals surface area (Å²) in [6.45, 7) is 1.64. The molecule has 0 aliphatic rings. The number of amides is 1. The van der Waals surface area contributed by atoms with Gasteiger partial charge in [-0.2, -0.15) is 0 Å². The zero-order valence-electron chi connectivity index (χ0n) is 11.2.